The normalized spacial score (nSPS) is 20.6. The molecule has 0 saturated carbocycles. The fraction of sp³-hybridized carbons (Fsp3) is 0.250. The van der Waals surface area contributed by atoms with Crippen LogP contribution in [0.2, 0.25) is 0 Å². The van der Waals surface area contributed by atoms with E-state index in [0.29, 0.717) is 19.8 Å². The third-order valence-electron chi connectivity index (χ3n) is 5.97. The first kappa shape index (κ1) is 22.1. The molecule has 5 heteroatoms. The smallest absolute Gasteiger partial charge is 0.217 e. The van der Waals surface area contributed by atoms with E-state index in [1.54, 1.807) is 0 Å². The molecule has 0 atom stereocenters. The van der Waals surface area contributed by atoms with Crippen LogP contribution >= 0.6 is 15.9 Å². The standard InChI is InChI=1S/C28H27BrN2O2/c1-28(18-29)19-32-27(33-20-28)26-30-24(22-13-7-3-8-14-22)25(23-15-9-4-10-16-23)31(26)17-21-11-5-2-6-12-21/h2-16,27H,17-20H2,1H3. The van der Waals surface area contributed by atoms with Crippen molar-refractivity contribution in [2.75, 3.05) is 18.5 Å². The molecule has 0 unspecified atom stereocenters. The predicted molar refractivity (Wildman–Crippen MR) is 135 cm³/mol. The van der Waals surface area contributed by atoms with E-state index < -0.39 is 6.29 Å². The van der Waals surface area contributed by atoms with E-state index >= 15 is 0 Å². The van der Waals surface area contributed by atoms with Gasteiger partial charge in [-0.2, -0.15) is 0 Å². The number of imidazole rings is 1. The van der Waals surface area contributed by atoms with Gasteiger partial charge in [-0.3, -0.25) is 0 Å². The van der Waals surface area contributed by atoms with Crippen molar-refractivity contribution in [2.45, 2.75) is 19.8 Å². The average molecular weight is 503 g/mol. The van der Waals surface area contributed by atoms with Crippen molar-refractivity contribution in [2.24, 2.45) is 5.41 Å². The Balaban J connectivity index is 1.67. The van der Waals surface area contributed by atoms with Gasteiger partial charge in [-0.25, -0.2) is 4.98 Å². The van der Waals surface area contributed by atoms with Crippen molar-refractivity contribution in [1.82, 2.24) is 9.55 Å². The Morgan fingerprint density at radius 2 is 1.39 bits per heavy atom. The van der Waals surface area contributed by atoms with Gasteiger partial charge >= 0.3 is 0 Å². The molecule has 3 aromatic carbocycles. The van der Waals surface area contributed by atoms with E-state index in [9.17, 15) is 0 Å². The van der Waals surface area contributed by atoms with Crippen molar-refractivity contribution in [1.29, 1.82) is 0 Å². The molecule has 0 aliphatic carbocycles. The number of alkyl halides is 1. The number of hydrogen-bond acceptors (Lipinski definition) is 3. The molecule has 1 aromatic heterocycles. The maximum absolute atomic E-state index is 6.25. The van der Waals surface area contributed by atoms with Crippen LogP contribution in [0.5, 0.6) is 0 Å². The second-order valence-electron chi connectivity index (χ2n) is 8.87. The summed E-state index contributed by atoms with van der Waals surface area (Å²) in [5.74, 6) is 0.799. The highest BCUT2D eigenvalue weighted by Gasteiger charge is 2.36. The molecular weight excluding hydrogens is 476 g/mol. The molecule has 4 aromatic rings. The molecule has 1 fully saturated rings. The maximum atomic E-state index is 6.25. The van der Waals surface area contributed by atoms with Crippen molar-refractivity contribution in [3.05, 3.63) is 102 Å². The third-order valence-corrected chi connectivity index (χ3v) is 7.33. The van der Waals surface area contributed by atoms with Crippen molar-refractivity contribution in [3.63, 3.8) is 0 Å². The van der Waals surface area contributed by atoms with Gasteiger partial charge in [0.25, 0.3) is 0 Å². The van der Waals surface area contributed by atoms with Gasteiger partial charge in [-0.05, 0) is 5.56 Å². The second kappa shape index (κ2) is 9.64. The monoisotopic (exact) mass is 502 g/mol. The minimum atomic E-state index is -0.513. The fourth-order valence-corrected chi connectivity index (χ4v) is 4.46. The van der Waals surface area contributed by atoms with Crippen molar-refractivity contribution in [3.8, 4) is 22.5 Å². The van der Waals surface area contributed by atoms with Crippen LogP contribution < -0.4 is 0 Å². The Morgan fingerprint density at radius 3 is 1.97 bits per heavy atom. The number of ether oxygens (including phenoxy) is 2. The lowest BCUT2D eigenvalue weighted by Crippen LogP contribution is -2.38. The Bertz CT molecular complexity index is 1180. The SMILES string of the molecule is CC1(CBr)COC(c2nc(-c3ccccc3)c(-c3ccccc3)n2Cc2ccccc2)OC1. The number of halogens is 1. The minimum Gasteiger partial charge on any atom is -0.345 e. The number of benzene rings is 3. The quantitative estimate of drug-likeness (QED) is 0.275. The lowest BCUT2D eigenvalue weighted by atomic mass is 9.95. The molecule has 5 rings (SSSR count). The topological polar surface area (TPSA) is 36.3 Å². The van der Waals surface area contributed by atoms with Crippen LogP contribution in [0.25, 0.3) is 22.5 Å². The average Bonchev–Trinajstić information content (AvgIpc) is 3.25. The molecule has 33 heavy (non-hydrogen) atoms. The molecule has 0 N–H and O–H groups in total. The summed E-state index contributed by atoms with van der Waals surface area (Å²) >= 11 is 3.60. The van der Waals surface area contributed by atoms with E-state index in [2.05, 4.69) is 100 Å². The van der Waals surface area contributed by atoms with Gasteiger partial charge in [0.2, 0.25) is 6.29 Å². The summed E-state index contributed by atoms with van der Waals surface area (Å²) in [6.45, 7) is 4.07. The van der Waals surface area contributed by atoms with E-state index in [0.717, 1.165) is 33.7 Å². The first-order valence-electron chi connectivity index (χ1n) is 11.2. The first-order valence-corrected chi connectivity index (χ1v) is 12.3. The van der Waals surface area contributed by atoms with Gasteiger partial charge in [0.1, 0.15) is 0 Å². The lowest BCUT2D eigenvalue weighted by molar-refractivity contribution is -0.229. The number of rotatable bonds is 6. The zero-order valence-electron chi connectivity index (χ0n) is 18.7. The molecule has 0 amide bonds. The van der Waals surface area contributed by atoms with E-state index in [-0.39, 0.29) is 5.41 Å². The number of nitrogens with zero attached hydrogens (tertiary/aromatic N) is 2. The van der Waals surface area contributed by atoms with Crippen LogP contribution in [0, 0.1) is 5.41 Å². The molecule has 0 bridgehead atoms. The summed E-state index contributed by atoms with van der Waals surface area (Å²) in [5.41, 5.74) is 5.36. The summed E-state index contributed by atoms with van der Waals surface area (Å²) in [5, 5.41) is 0.829. The van der Waals surface area contributed by atoms with Gasteiger partial charge < -0.3 is 14.0 Å². The highest BCUT2D eigenvalue weighted by Crippen LogP contribution is 2.39. The molecule has 1 aliphatic rings. The summed E-state index contributed by atoms with van der Waals surface area (Å²) in [7, 11) is 0. The second-order valence-corrected chi connectivity index (χ2v) is 9.43. The molecule has 168 valence electrons. The van der Waals surface area contributed by atoms with Crippen LogP contribution in [0.1, 0.15) is 24.6 Å². The molecule has 4 nitrogen and oxygen atoms in total. The number of aromatic nitrogens is 2. The maximum Gasteiger partial charge on any atom is 0.217 e. The first-order chi connectivity index (χ1) is 16.2. The van der Waals surface area contributed by atoms with Crippen molar-refractivity contribution >= 4 is 15.9 Å². The third kappa shape index (κ3) is 4.67. The fourth-order valence-electron chi connectivity index (χ4n) is 4.13. The molecule has 2 heterocycles. The minimum absolute atomic E-state index is 0.0438. The molecule has 1 aliphatic heterocycles. The Morgan fingerprint density at radius 1 is 0.848 bits per heavy atom. The predicted octanol–water partition coefficient (Wildman–Crippen LogP) is 6.71. The largest absolute Gasteiger partial charge is 0.345 e. The van der Waals surface area contributed by atoms with Gasteiger partial charge in [0.05, 0.1) is 24.6 Å². The van der Waals surface area contributed by atoms with Gasteiger partial charge in [-0.1, -0.05) is 114 Å². The Labute approximate surface area is 203 Å². The van der Waals surface area contributed by atoms with E-state index in [4.69, 9.17) is 14.5 Å². The van der Waals surface area contributed by atoms with Gasteiger partial charge in [0, 0.05) is 28.4 Å². The van der Waals surface area contributed by atoms with Crippen LogP contribution in [0.3, 0.4) is 0 Å². The van der Waals surface area contributed by atoms with Gasteiger partial charge in [-0.15, -0.1) is 0 Å². The van der Waals surface area contributed by atoms with Gasteiger partial charge in [0.15, 0.2) is 5.82 Å². The van der Waals surface area contributed by atoms with Crippen LogP contribution in [0.4, 0.5) is 0 Å². The zero-order chi connectivity index (χ0) is 22.7. The van der Waals surface area contributed by atoms with Crippen LogP contribution in [-0.2, 0) is 16.0 Å². The summed E-state index contributed by atoms with van der Waals surface area (Å²) in [6, 6.07) is 31.3. The lowest BCUT2D eigenvalue weighted by Gasteiger charge is -2.35. The Hall–Kier alpha value is -2.73. The van der Waals surface area contributed by atoms with E-state index in [1.807, 2.05) is 18.2 Å². The summed E-state index contributed by atoms with van der Waals surface area (Å²) < 4.78 is 14.8. The summed E-state index contributed by atoms with van der Waals surface area (Å²) in [6.07, 6.45) is -0.513. The van der Waals surface area contributed by atoms with E-state index in [1.165, 1.54) is 5.56 Å². The highest BCUT2D eigenvalue weighted by molar-refractivity contribution is 9.09. The summed E-state index contributed by atoms with van der Waals surface area (Å²) in [4.78, 5) is 5.15. The van der Waals surface area contributed by atoms with Crippen molar-refractivity contribution < 1.29 is 9.47 Å². The molecule has 0 spiro atoms. The van der Waals surface area contributed by atoms with Crippen LogP contribution in [-0.4, -0.2) is 28.1 Å². The zero-order valence-corrected chi connectivity index (χ0v) is 20.2. The Kier molecular flexibility index (Phi) is 6.45. The van der Waals surface area contributed by atoms with Crippen LogP contribution in [0.15, 0.2) is 91.0 Å². The highest BCUT2D eigenvalue weighted by atomic mass is 79.9. The molecule has 1 saturated heterocycles. The molecule has 0 radical (unpaired) electrons. The number of hydrogen-bond donors (Lipinski definition) is 0. The molecular formula is C28H27BrN2O2.